The minimum atomic E-state index is -2.96. The van der Waals surface area contributed by atoms with Crippen LogP contribution >= 0.6 is 0 Å². The van der Waals surface area contributed by atoms with Gasteiger partial charge in [0.15, 0.2) is 17.5 Å². The number of hydrogen-bond acceptors (Lipinski definition) is 5. The van der Waals surface area contributed by atoms with Gasteiger partial charge < -0.3 is 30.0 Å². The van der Waals surface area contributed by atoms with Gasteiger partial charge in [-0.3, -0.25) is 0 Å². The summed E-state index contributed by atoms with van der Waals surface area (Å²) in [4.78, 5) is 4.28. The topological polar surface area (TPSA) is 87.3 Å². The Hall–Kier alpha value is -3.23. The molecule has 0 spiro atoms. The van der Waals surface area contributed by atoms with Crippen molar-refractivity contribution in [3.05, 3.63) is 47.5 Å². The molecule has 0 amide bonds. The molecular formula is C19H19F2N3O4. The van der Waals surface area contributed by atoms with Gasteiger partial charge in [-0.25, -0.2) is 4.99 Å². The van der Waals surface area contributed by atoms with Crippen LogP contribution in [0.5, 0.6) is 23.0 Å². The molecule has 2 heterocycles. The number of aliphatic imine (C=N–C) groups is 1. The van der Waals surface area contributed by atoms with Crippen molar-refractivity contribution in [3.63, 3.8) is 0 Å². The molecule has 2 aromatic carbocycles. The fourth-order valence-corrected chi connectivity index (χ4v) is 3.18. The first-order valence-corrected chi connectivity index (χ1v) is 8.75. The highest BCUT2D eigenvalue weighted by Crippen LogP contribution is 2.39. The Morgan fingerprint density at radius 2 is 1.96 bits per heavy atom. The third-order valence-corrected chi connectivity index (χ3v) is 4.47. The van der Waals surface area contributed by atoms with E-state index >= 15 is 0 Å². The Labute approximate surface area is 160 Å². The lowest BCUT2D eigenvalue weighted by Crippen LogP contribution is -2.37. The summed E-state index contributed by atoms with van der Waals surface area (Å²) in [7, 11) is 0. The lowest BCUT2D eigenvalue weighted by molar-refractivity contribution is -0.0505. The number of hydrogen-bond donors (Lipinski definition) is 2. The van der Waals surface area contributed by atoms with E-state index in [-0.39, 0.29) is 31.1 Å². The van der Waals surface area contributed by atoms with Gasteiger partial charge in [-0.2, -0.15) is 8.78 Å². The van der Waals surface area contributed by atoms with Gasteiger partial charge in [-0.15, -0.1) is 0 Å². The van der Waals surface area contributed by atoms with Crippen molar-refractivity contribution in [2.24, 2.45) is 10.7 Å². The lowest BCUT2D eigenvalue weighted by Gasteiger charge is -2.27. The average Bonchev–Trinajstić information content (AvgIpc) is 3.13. The van der Waals surface area contributed by atoms with Gasteiger partial charge in [0.1, 0.15) is 11.5 Å². The highest BCUT2D eigenvalue weighted by atomic mass is 19.3. The average molecular weight is 391 g/mol. The summed E-state index contributed by atoms with van der Waals surface area (Å²) in [5, 5.41) is 3.16. The lowest BCUT2D eigenvalue weighted by atomic mass is 10.0. The summed E-state index contributed by atoms with van der Waals surface area (Å²) in [5.41, 5.74) is 7.44. The van der Waals surface area contributed by atoms with Gasteiger partial charge in [-0.1, -0.05) is 18.2 Å². The number of benzene rings is 2. The number of nitrogens with one attached hydrogen (secondary N) is 1. The van der Waals surface area contributed by atoms with E-state index < -0.39 is 6.61 Å². The standard InChI is InChI=1S/C19H19F2N3O4/c20-18(21)28-15-8-17-16(26-10-27-17)7-11(15)9-23-19(22)24-13-5-6-25-14-4-2-1-3-12(13)14/h1-4,7-8,13,18H,5-6,9-10H2,(H3,22,23,24). The maximum atomic E-state index is 12.7. The molecule has 4 rings (SSSR count). The predicted molar refractivity (Wildman–Crippen MR) is 97.0 cm³/mol. The maximum Gasteiger partial charge on any atom is 0.387 e. The smallest absolute Gasteiger partial charge is 0.387 e. The van der Waals surface area contributed by atoms with Crippen molar-refractivity contribution in [2.45, 2.75) is 25.6 Å². The van der Waals surface area contributed by atoms with Crippen molar-refractivity contribution in [1.29, 1.82) is 0 Å². The Morgan fingerprint density at radius 3 is 2.79 bits per heavy atom. The van der Waals surface area contributed by atoms with E-state index in [2.05, 4.69) is 15.0 Å². The number of nitrogens with two attached hydrogens (primary N) is 1. The second-order valence-electron chi connectivity index (χ2n) is 6.27. The number of para-hydroxylation sites is 1. The van der Waals surface area contributed by atoms with E-state index in [9.17, 15) is 8.78 Å². The fraction of sp³-hybridized carbons (Fsp3) is 0.316. The summed E-state index contributed by atoms with van der Waals surface area (Å²) in [6.45, 7) is -2.32. The molecule has 0 fully saturated rings. The van der Waals surface area contributed by atoms with Crippen LogP contribution in [0.3, 0.4) is 0 Å². The first-order valence-electron chi connectivity index (χ1n) is 8.75. The zero-order chi connectivity index (χ0) is 19.5. The highest BCUT2D eigenvalue weighted by molar-refractivity contribution is 5.78. The molecule has 1 atom stereocenters. The molecule has 0 aromatic heterocycles. The van der Waals surface area contributed by atoms with Crippen LogP contribution in [-0.2, 0) is 6.54 Å². The van der Waals surface area contributed by atoms with E-state index in [1.54, 1.807) is 6.07 Å². The maximum absolute atomic E-state index is 12.7. The Kier molecular flexibility index (Phi) is 5.05. The predicted octanol–water partition coefficient (Wildman–Crippen LogP) is 2.94. The van der Waals surface area contributed by atoms with Crippen molar-refractivity contribution in [3.8, 4) is 23.0 Å². The van der Waals surface area contributed by atoms with Crippen LogP contribution in [0.2, 0.25) is 0 Å². The largest absolute Gasteiger partial charge is 0.493 e. The number of rotatable bonds is 5. The molecule has 1 unspecified atom stereocenters. The van der Waals surface area contributed by atoms with Crippen molar-refractivity contribution >= 4 is 5.96 Å². The zero-order valence-corrected chi connectivity index (χ0v) is 14.9. The number of halogens is 2. The Bertz CT molecular complexity index is 891. The van der Waals surface area contributed by atoms with Crippen LogP contribution in [0.4, 0.5) is 8.78 Å². The SMILES string of the molecule is NC(=NCc1cc2c(cc1OC(F)F)OCO2)NC1CCOc2ccccc21. The first kappa shape index (κ1) is 18.1. The molecule has 0 radical (unpaired) electrons. The third kappa shape index (κ3) is 3.88. The summed E-state index contributed by atoms with van der Waals surface area (Å²) in [5.74, 6) is 1.79. The minimum absolute atomic E-state index is 0.0211. The molecular weight excluding hydrogens is 372 g/mol. The third-order valence-electron chi connectivity index (χ3n) is 4.47. The molecule has 28 heavy (non-hydrogen) atoms. The van der Waals surface area contributed by atoms with Gasteiger partial charge in [0.05, 0.1) is 19.2 Å². The first-order chi connectivity index (χ1) is 13.6. The van der Waals surface area contributed by atoms with E-state index in [4.69, 9.17) is 19.9 Å². The molecule has 0 aliphatic carbocycles. The molecule has 7 nitrogen and oxygen atoms in total. The van der Waals surface area contributed by atoms with E-state index in [1.165, 1.54) is 6.07 Å². The number of nitrogens with zero attached hydrogens (tertiary/aromatic N) is 1. The molecule has 2 aromatic rings. The summed E-state index contributed by atoms with van der Waals surface area (Å²) in [6.07, 6.45) is 0.733. The van der Waals surface area contributed by atoms with Crippen molar-refractivity contribution in [1.82, 2.24) is 5.32 Å². The summed E-state index contributed by atoms with van der Waals surface area (Å²) >= 11 is 0. The number of fused-ring (bicyclic) bond motifs is 2. The molecule has 2 aliphatic rings. The molecule has 3 N–H and O–H groups in total. The van der Waals surface area contributed by atoms with Gasteiger partial charge >= 0.3 is 6.61 Å². The molecule has 0 bridgehead atoms. The van der Waals surface area contributed by atoms with E-state index in [1.807, 2.05) is 24.3 Å². The van der Waals surface area contributed by atoms with Crippen LogP contribution < -0.4 is 30.0 Å². The van der Waals surface area contributed by atoms with Crippen LogP contribution in [0.1, 0.15) is 23.6 Å². The Morgan fingerprint density at radius 1 is 1.18 bits per heavy atom. The van der Waals surface area contributed by atoms with Gasteiger partial charge in [0, 0.05) is 23.6 Å². The Balaban J connectivity index is 1.50. The van der Waals surface area contributed by atoms with Gasteiger partial charge in [0.25, 0.3) is 0 Å². The summed E-state index contributed by atoms with van der Waals surface area (Å²) in [6, 6.07) is 10.6. The molecule has 148 valence electrons. The molecule has 9 heteroatoms. The second kappa shape index (κ2) is 7.79. The molecule has 0 saturated carbocycles. The zero-order valence-electron chi connectivity index (χ0n) is 14.9. The number of alkyl halides is 2. The minimum Gasteiger partial charge on any atom is -0.493 e. The normalized spacial score (nSPS) is 17.8. The van der Waals surface area contributed by atoms with Crippen LogP contribution in [-0.4, -0.2) is 26.0 Å². The van der Waals surface area contributed by atoms with Crippen molar-refractivity contribution < 1.29 is 27.7 Å². The van der Waals surface area contributed by atoms with Gasteiger partial charge in [-0.05, 0) is 12.1 Å². The molecule has 0 saturated heterocycles. The highest BCUT2D eigenvalue weighted by Gasteiger charge is 2.22. The van der Waals surface area contributed by atoms with Crippen molar-refractivity contribution in [2.75, 3.05) is 13.4 Å². The fourth-order valence-electron chi connectivity index (χ4n) is 3.18. The van der Waals surface area contributed by atoms with E-state index in [0.717, 1.165) is 17.7 Å². The monoisotopic (exact) mass is 391 g/mol. The number of guanidine groups is 1. The second-order valence-corrected chi connectivity index (χ2v) is 6.27. The summed E-state index contributed by atoms with van der Waals surface area (Å²) < 4.78 is 46.1. The molecule has 2 aliphatic heterocycles. The number of ether oxygens (including phenoxy) is 4. The van der Waals surface area contributed by atoms with Crippen LogP contribution in [0.25, 0.3) is 0 Å². The van der Waals surface area contributed by atoms with Gasteiger partial charge in [0.2, 0.25) is 6.79 Å². The van der Waals surface area contributed by atoms with E-state index in [0.29, 0.717) is 23.7 Å². The van der Waals surface area contributed by atoms with Crippen LogP contribution in [0.15, 0.2) is 41.4 Å². The quantitative estimate of drug-likeness (QED) is 0.602. The van der Waals surface area contributed by atoms with Crippen LogP contribution in [0, 0.1) is 0 Å².